The summed E-state index contributed by atoms with van der Waals surface area (Å²) in [5.74, 6) is 1.60. The van der Waals surface area contributed by atoms with Crippen molar-refractivity contribution in [2.45, 2.75) is 87.5 Å². The predicted molar refractivity (Wildman–Crippen MR) is 125 cm³/mol. The maximum Gasteiger partial charge on any atom is 0.217 e. The second kappa shape index (κ2) is 7.79. The van der Waals surface area contributed by atoms with Crippen LogP contribution in [0.4, 0.5) is 11.6 Å². The standard InChI is InChI=1S/C22H31N7O2S/c1-13-9-21(28-27-13)25-20-12-19-18(3-2-8-23-19)22(26-20)24-14-10-15-4-5-16(11-14)29(15)32(30,31)17-6-7-17/h2-3,8,12-17,21,27-28H,4-7,9-11H2,1H3,(H2,24,25,26)/t13?,14?,15-,16+,21?. The molecule has 2 aromatic heterocycles. The molecule has 5 atom stereocenters. The van der Waals surface area contributed by atoms with Gasteiger partial charge in [-0.1, -0.05) is 0 Å². The first-order chi connectivity index (χ1) is 15.5. The minimum Gasteiger partial charge on any atom is -0.367 e. The zero-order chi connectivity index (χ0) is 21.9. The summed E-state index contributed by atoms with van der Waals surface area (Å²) < 4.78 is 27.8. The third kappa shape index (κ3) is 3.72. The van der Waals surface area contributed by atoms with E-state index in [1.807, 2.05) is 22.5 Å². The van der Waals surface area contributed by atoms with Gasteiger partial charge in [-0.2, -0.15) is 4.31 Å². The second-order valence-corrected chi connectivity index (χ2v) is 11.9. The van der Waals surface area contributed by atoms with Gasteiger partial charge in [0.25, 0.3) is 0 Å². The van der Waals surface area contributed by atoms with E-state index in [-0.39, 0.29) is 29.5 Å². The molecular weight excluding hydrogens is 426 g/mol. The SMILES string of the molecule is CC1CC(Nc2cc3ncccc3c(NC3C[C@H]4CC[C@@H](C3)N4S(=O)(=O)C3CC3)n2)NN1. The molecule has 0 aromatic carbocycles. The molecule has 4 N–H and O–H groups in total. The van der Waals surface area contributed by atoms with Crippen LogP contribution in [0.1, 0.15) is 51.9 Å². The fourth-order valence-electron chi connectivity index (χ4n) is 5.65. The maximum absolute atomic E-state index is 12.9. The molecular formula is C22H31N7O2S. The highest BCUT2D eigenvalue weighted by Crippen LogP contribution is 2.43. The van der Waals surface area contributed by atoms with Gasteiger partial charge in [-0.25, -0.2) is 18.8 Å². The number of rotatable bonds is 6. The molecule has 6 rings (SSSR count). The van der Waals surface area contributed by atoms with Gasteiger partial charge in [0.15, 0.2) is 0 Å². The fraction of sp³-hybridized carbons (Fsp3) is 0.636. The van der Waals surface area contributed by atoms with Gasteiger partial charge in [0, 0.05) is 41.8 Å². The summed E-state index contributed by atoms with van der Waals surface area (Å²) >= 11 is 0. The van der Waals surface area contributed by atoms with Gasteiger partial charge >= 0.3 is 0 Å². The van der Waals surface area contributed by atoms with Gasteiger partial charge < -0.3 is 10.6 Å². The molecule has 0 spiro atoms. The van der Waals surface area contributed by atoms with E-state index in [4.69, 9.17) is 4.98 Å². The molecule has 9 nitrogen and oxygen atoms in total. The topological polar surface area (TPSA) is 111 Å². The third-order valence-corrected chi connectivity index (χ3v) is 9.76. The molecule has 2 aromatic rings. The fourth-order valence-corrected chi connectivity index (χ4v) is 7.94. The molecule has 1 aliphatic carbocycles. The molecule has 4 aliphatic rings. The number of hydrazine groups is 1. The van der Waals surface area contributed by atoms with Gasteiger partial charge in [-0.3, -0.25) is 10.4 Å². The molecule has 3 saturated heterocycles. The van der Waals surface area contributed by atoms with Crippen molar-refractivity contribution < 1.29 is 8.42 Å². The summed E-state index contributed by atoms with van der Waals surface area (Å²) in [5.41, 5.74) is 7.37. The largest absolute Gasteiger partial charge is 0.367 e. The van der Waals surface area contributed by atoms with Crippen LogP contribution in [0.3, 0.4) is 0 Å². The first kappa shape index (κ1) is 20.6. The van der Waals surface area contributed by atoms with Crippen molar-refractivity contribution in [2.75, 3.05) is 10.6 Å². The van der Waals surface area contributed by atoms with Crippen LogP contribution >= 0.6 is 0 Å². The molecule has 0 radical (unpaired) electrons. The lowest BCUT2D eigenvalue weighted by atomic mass is 9.99. The molecule has 3 unspecified atom stereocenters. The van der Waals surface area contributed by atoms with Crippen molar-refractivity contribution in [3.05, 3.63) is 24.4 Å². The van der Waals surface area contributed by atoms with E-state index in [2.05, 4.69) is 33.4 Å². The number of hydrogen-bond acceptors (Lipinski definition) is 8. The normalized spacial score (nSPS) is 33.0. The Morgan fingerprint density at radius 2 is 1.84 bits per heavy atom. The van der Waals surface area contributed by atoms with Crippen molar-refractivity contribution in [1.29, 1.82) is 0 Å². The van der Waals surface area contributed by atoms with E-state index < -0.39 is 10.0 Å². The van der Waals surface area contributed by atoms with Crippen LogP contribution in [0, 0.1) is 0 Å². The second-order valence-electron chi connectivity index (χ2n) is 9.82. The Hall–Kier alpha value is -2.01. The third-order valence-electron chi connectivity index (χ3n) is 7.26. The van der Waals surface area contributed by atoms with Crippen LogP contribution in [-0.2, 0) is 10.0 Å². The van der Waals surface area contributed by atoms with Gasteiger partial charge in [0.2, 0.25) is 10.0 Å². The molecule has 32 heavy (non-hydrogen) atoms. The number of fused-ring (bicyclic) bond motifs is 3. The molecule has 172 valence electrons. The van der Waals surface area contributed by atoms with E-state index >= 15 is 0 Å². The molecule has 3 aliphatic heterocycles. The van der Waals surface area contributed by atoms with E-state index in [9.17, 15) is 8.42 Å². The number of aromatic nitrogens is 2. The van der Waals surface area contributed by atoms with Crippen molar-refractivity contribution >= 4 is 32.6 Å². The number of piperidine rings is 1. The van der Waals surface area contributed by atoms with Crippen LogP contribution in [0.2, 0.25) is 0 Å². The van der Waals surface area contributed by atoms with E-state index in [1.54, 1.807) is 6.20 Å². The monoisotopic (exact) mass is 457 g/mol. The van der Waals surface area contributed by atoms with Crippen molar-refractivity contribution in [3.8, 4) is 0 Å². The van der Waals surface area contributed by atoms with Gasteiger partial charge in [-0.15, -0.1) is 0 Å². The quantitative estimate of drug-likeness (QED) is 0.522. The van der Waals surface area contributed by atoms with Crippen LogP contribution in [-0.4, -0.2) is 58.3 Å². The number of nitrogens with zero attached hydrogens (tertiary/aromatic N) is 3. The molecule has 4 fully saturated rings. The van der Waals surface area contributed by atoms with Gasteiger partial charge in [0.05, 0.1) is 16.9 Å². The number of sulfonamides is 1. The van der Waals surface area contributed by atoms with Crippen molar-refractivity contribution in [3.63, 3.8) is 0 Å². The average Bonchev–Trinajstić information content (AvgIpc) is 3.50. The number of anilines is 2. The summed E-state index contributed by atoms with van der Waals surface area (Å²) in [4.78, 5) is 9.45. The van der Waals surface area contributed by atoms with Crippen LogP contribution in [0.25, 0.3) is 10.9 Å². The minimum absolute atomic E-state index is 0.109. The first-order valence-corrected chi connectivity index (χ1v) is 13.3. The lowest BCUT2D eigenvalue weighted by Gasteiger charge is -2.38. The van der Waals surface area contributed by atoms with Crippen molar-refractivity contribution in [1.82, 2.24) is 25.1 Å². The Kier molecular flexibility index (Phi) is 5.01. The zero-order valence-electron chi connectivity index (χ0n) is 18.3. The summed E-state index contributed by atoms with van der Waals surface area (Å²) in [6.45, 7) is 2.14. The molecule has 0 amide bonds. The van der Waals surface area contributed by atoms with E-state index in [1.165, 1.54) is 0 Å². The smallest absolute Gasteiger partial charge is 0.217 e. The summed E-state index contributed by atoms with van der Waals surface area (Å²) in [5, 5.41) is 7.99. The minimum atomic E-state index is -3.12. The summed E-state index contributed by atoms with van der Waals surface area (Å²) in [6, 6.07) is 6.78. The maximum atomic E-state index is 12.9. The molecule has 2 bridgehead atoms. The number of pyridine rings is 2. The number of nitrogens with one attached hydrogen (secondary N) is 4. The Labute approximate surface area is 188 Å². The highest BCUT2D eigenvalue weighted by molar-refractivity contribution is 7.90. The zero-order valence-corrected chi connectivity index (χ0v) is 19.1. The van der Waals surface area contributed by atoms with Gasteiger partial charge in [-0.05, 0) is 64.0 Å². The Bertz CT molecular complexity index is 1110. The highest BCUT2D eigenvalue weighted by Gasteiger charge is 2.51. The van der Waals surface area contributed by atoms with Crippen molar-refractivity contribution in [2.24, 2.45) is 0 Å². The lowest BCUT2D eigenvalue weighted by molar-refractivity contribution is 0.234. The first-order valence-electron chi connectivity index (χ1n) is 11.8. The summed E-state index contributed by atoms with van der Waals surface area (Å²) in [6.07, 6.45) is 8.11. The summed E-state index contributed by atoms with van der Waals surface area (Å²) in [7, 11) is -3.12. The van der Waals surface area contributed by atoms with Crippen LogP contribution in [0.15, 0.2) is 24.4 Å². The lowest BCUT2D eigenvalue weighted by Crippen LogP contribution is -2.50. The molecule has 1 saturated carbocycles. The van der Waals surface area contributed by atoms with E-state index in [0.29, 0.717) is 6.04 Å². The van der Waals surface area contributed by atoms with E-state index in [0.717, 1.165) is 67.5 Å². The predicted octanol–water partition coefficient (Wildman–Crippen LogP) is 2.15. The average molecular weight is 458 g/mol. The Balaban J connectivity index is 1.23. The molecule has 5 heterocycles. The van der Waals surface area contributed by atoms with Crippen LogP contribution in [0.5, 0.6) is 0 Å². The van der Waals surface area contributed by atoms with Gasteiger partial charge in [0.1, 0.15) is 11.6 Å². The van der Waals surface area contributed by atoms with Crippen LogP contribution < -0.4 is 21.5 Å². The highest BCUT2D eigenvalue weighted by atomic mass is 32.2. The molecule has 10 heteroatoms. The number of hydrogen-bond donors (Lipinski definition) is 4. The Morgan fingerprint density at radius 3 is 2.53 bits per heavy atom. The Morgan fingerprint density at radius 1 is 1.06 bits per heavy atom.